The van der Waals surface area contributed by atoms with E-state index in [1.165, 1.54) is 33.4 Å². The molecule has 0 aromatic heterocycles. The summed E-state index contributed by atoms with van der Waals surface area (Å²) in [5.74, 6) is 0.835. The third-order valence-electron chi connectivity index (χ3n) is 10.2. The first kappa shape index (κ1) is 37.4. The van der Waals surface area contributed by atoms with Crippen LogP contribution in [0.25, 0.3) is 58.7 Å². The highest BCUT2D eigenvalue weighted by atomic mass is 16.5. The van der Waals surface area contributed by atoms with Crippen LogP contribution in [0.1, 0.15) is 55.6 Å². The standard InChI is InChI=1S/C57H44O/c1-58-57-42-53(38-36-44-29-33-46(34-30-44)40-55(49-21-11-4-12-22-49)50-23-13-5-14-24-50)52(41-56(57)51-25-15-6-16-26-51)37-35-43-27-31-45(32-28-43)39-54(47-17-7-2-8-18-47)48-19-9-3-10-20-48/h2-42H,1H3. The predicted molar refractivity (Wildman–Crippen MR) is 249 cm³/mol. The normalized spacial score (nSPS) is 11.1. The first-order valence-corrected chi connectivity index (χ1v) is 19.7. The molecule has 0 bridgehead atoms. The van der Waals surface area contributed by atoms with Gasteiger partial charge in [-0.2, -0.15) is 0 Å². The first-order chi connectivity index (χ1) is 28.7. The van der Waals surface area contributed by atoms with Gasteiger partial charge < -0.3 is 4.74 Å². The molecule has 0 amide bonds. The van der Waals surface area contributed by atoms with Crippen LogP contribution in [0.3, 0.4) is 0 Å². The molecule has 0 aliphatic heterocycles. The molecule has 1 heteroatoms. The third kappa shape index (κ3) is 9.30. The van der Waals surface area contributed by atoms with Crippen LogP contribution < -0.4 is 4.74 Å². The average molecular weight is 745 g/mol. The molecule has 0 aliphatic carbocycles. The molecule has 0 saturated carbocycles. The summed E-state index contributed by atoms with van der Waals surface area (Å²) in [6, 6.07) is 74.6. The average Bonchev–Trinajstić information content (AvgIpc) is 3.30. The summed E-state index contributed by atoms with van der Waals surface area (Å²) in [5.41, 5.74) is 16.1. The summed E-state index contributed by atoms with van der Waals surface area (Å²) in [7, 11) is 1.74. The molecule has 0 aliphatic rings. The number of benzene rings is 8. The van der Waals surface area contributed by atoms with E-state index in [0.29, 0.717) is 0 Å². The van der Waals surface area contributed by atoms with Gasteiger partial charge in [0.05, 0.1) is 7.11 Å². The molecule has 0 fully saturated rings. The zero-order valence-corrected chi connectivity index (χ0v) is 32.6. The predicted octanol–water partition coefficient (Wildman–Crippen LogP) is 14.9. The molecule has 8 aromatic rings. The van der Waals surface area contributed by atoms with Crippen LogP contribution in [0.2, 0.25) is 0 Å². The Morgan fingerprint density at radius 3 is 1.03 bits per heavy atom. The van der Waals surface area contributed by atoms with Crippen LogP contribution in [-0.2, 0) is 0 Å². The van der Waals surface area contributed by atoms with Crippen LogP contribution in [0.5, 0.6) is 5.75 Å². The molecule has 0 spiro atoms. The van der Waals surface area contributed by atoms with Gasteiger partial charge in [-0.05, 0) is 96.6 Å². The maximum absolute atomic E-state index is 5.97. The fourth-order valence-corrected chi connectivity index (χ4v) is 7.16. The van der Waals surface area contributed by atoms with Crippen molar-refractivity contribution in [1.82, 2.24) is 0 Å². The Labute approximate surface area is 342 Å². The first-order valence-electron chi connectivity index (χ1n) is 19.7. The van der Waals surface area contributed by atoms with Gasteiger partial charge in [0, 0.05) is 5.56 Å². The summed E-state index contributed by atoms with van der Waals surface area (Å²) in [4.78, 5) is 0. The van der Waals surface area contributed by atoms with Crippen molar-refractivity contribution in [2.45, 2.75) is 0 Å². The van der Waals surface area contributed by atoms with Gasteiger partial charge in [0.25, 0.3) is 0 Å². The molecule has 0 unspecified atom stereocenters. The second-order valence-corrected chi connectivity index (χ2v) is 14.1. The van der Waals surface area contributed by atoms with Crippen molar-refractivity contribution in [2.75, 3.05) is 7.11 Å². The molecule has 0 heterocycles. The van der Waals surface area contributed by atoms with Gasteiger partial charge >= 0.3 is 0 Å². The largest absolute Gasteiger partial charge is 0.496 e. The third-order valence-corrected chi connectivity index (χ3v) is 10.2. The molecule has 278 valence electrons. The monoisotopic (exact) mass is 744 g/mol. The van der Waals surface area contributed by atoms with Crippen LogP contribution >= 0.6 is 0 Å². The van der Waals surface area contributed by atoms with E-state index in [9.17, 15) is 0 Å². The summed E-state index contributed by atoms with van der Waals surface area (Å²) in [6.07, 6.45) is 13.3. The molecular formula is C57H44O. The number of rotatable bonds is 12. The number of ether oxygens (including phenoxy) is 1. The summed E-state index contributed by atoms with van der Waals surface area (Å²) < 4.78 is 5.97. The van der Waals surface area contributed by atoms with Gasteiger partial charge in [-0.15, -0.1) is 0 Å². The molecule has 0 N–H and O–H groups in total. The lowest BCUT2D eigenvalue weighted by Gasteiger charge is -2.13. The molecular weight excluding hydrogens is 701 g/mol. The summed E-state index contributed by atoms with van der Waals surface area (Å²) in [5, 5.41) is 0. The van der Waals surface area contributed by atoms with Gasteiger partial charge in [-0.25, -0.2) is 0 Å². The molecule has 58 heavy (non-hydrogen) atoms. The molecule has 8 rings (SSSR count). The topological polar surface area (TPSA) is 9.23 Å². The van der Waals surface area contributed by atoms with Crippen molar-refractivity contribution in [3.63, 3.8) is 0 Å². The lowest BCUT2D eigenvalue weighted by Crippen LogP contribution is -1.92. The summed E-state index contributed by atoms with van der Waals surface area (Å²) >= 11 is 0. The molecule has 0 radical (unpaired) electrons. The van der Waals surface area contributed by atoms with Crippen molar-refractivity contribution < 1.29 is 4.74 Å². The summed E-state index contributed by atoms with van der Waals surface area (Å²) in [6.45, 7) is 0. The second-order valence-electron chi connectivity index (χ2n) is 14.1. The lowest BCUT2D eigenvalue weighted by molar-refractivity contribution is 0.416. The molecule has 8 aromatic carbocycles. The van der Waals surface area contributed by atoms with Crippen molar-refractivity contribution >= 4 is 47.6 Å². The van der Waals surface area contributed by atoms with E-state index in [1.54, 1.807) is 7.11 Å². The van der Waals surface area contributed by atoms with Crippen molar-refractivity contribution in [3.8, 4) is 16.9 Å². The Morgan fingerprint density at radius 1 is 0.345 bits per heavy atom. The van der Waals surface area contributed by atoms with Crippen molar-refractivity contribution in [2.24, 2.45) is 0 Å². The Morgan fingerprint density at radius 2 is 0.672 bits per heavy atom. The fraction of sp³-hybridized carbons (Fsp3) is 0.0175. The highest BCUT2D eigenvalue weighted by Gasteiger charge is 2.11. The quantitative estimate of drug-likeness (QED) is 0.113. The van der Waals surface area contributed by atoms with Gasteiger partial charge in [0.1, 0.15) is 5.75 Å². The van der Waals surface area contributed by atoms with Crippen LogP contribution in [0.15, 0.2) is 212 Å². The zero-order valence-electron chi connectivity index (χ0n) is 32.6. The van der Waals surface area contributed by atoms with E-state index >= 15 is 0 Å². The van der Waals surface area contributed by atoms with Crippen LogP contribution in [-0.4, -0.2) is 7.11 Å². The van der Waals surface area contributed by atoms with Gasteiger partial charge in [-0.3, -0.25) is 0 Å². The second kappa shape index (κ2) is 18.4. The molecule has 0 saturated heterocycles. The molecule has 0 atom stereocenters. The van der Waals surface area contributed by atoms with Crippen molar-refractivity contribution in [1.29, 1.82) is 0 Å². The minimum Gasteiger partial charge on any atom is -0.496 e. The van der Waals surface area contributed by atoms with Crippen molar-refractivity contribution in [3.05, 3.63) is 268 Å². The number of hydrogen-bond donors (Lipinski definition) is 0. The Bertz CT molecular complexity index is 2590. The highest BCUT2D eigenvalue weighted by Crippen LogP contribution is 2.35. The maximum Gasteiger partial charge on any atom is 0.127 e. The Kier molecular flexibility index (Phi) is 11.9. The Hall–Kier alpha value is -7.48. The van der Waals surface area contributed by atoms with Crippen LogP contribution in [0, 0.1) is 0 Å². The number of hydrogen-bond acceptors (Lipinski definition) is 1. The van der Waals surface area contributed by atoms with E-state index in [4.69, 9.17) is 4.74 Å². The van der Waals surface area contributed by atoms with Gasteiger partial charge in [0.2, 0.25) is 0 Å². The van der Waals surface area contributed by atoms with E-state index in [0.717, 1.165) is 50.3 Å². The minimum absolute atomic E-state index is 0.835. The van der Waals surface area contributed by atoms with Crippen LogP contribution in [0.4, 0.5) is 0 Å². The Balaban J connectivity index is 1.09. The van der Waals surface area contributed by atoms with E-state index in [2.05, 4.69) is 243 Å². The lowest BCUT2D eigenvalue weighted by atomic mass is 9.95. The van der Waals surface area contributed by atoms with E-state index < -0.39 is 0 Å². The van der Waals surface area contributed by atoms with Gasteiger partial charge in [0.15, 0.2) is 0 Å². The zero-order chi connectivity index (χ0) is 39.4. The van der Waals surface area contributed by atoms with E-state index in [1.807, 2.05) is 6.07 Å². The number of methoxy groups -OCH3 is 1. The van der Waals surface area contributed by atoms with Gasteiger partial charge in [-0.1, -0.05) is 224 Å². The molecule has 1 nitrogen and oxygen atoms in total. The highest BCUT2D eigenvalue weighted by molar-refractivity contribution is 5.93. The maximum atomic E-state index is 5.97. The smallest absolute Gasteiger partial charge is 0.127 e. The van der Waals surface area contributed by atoms with E-state index in [-0.39, 0.29) is 0 Å². The minimum atomic E-state index is 0.835. The SMILES string of the molecule is COc1cc(C=Cc2ccc(C=C(c3ccccc3)c3ccccc3)cc2)c(C=Cc2ccc(C=C(c3ccccc3)c3ccccc3)cc2)cc1-c1ccccc1. The fourth-order valence-electron chi connectivity index (χ4n) is 7.16.